The van der Waals surface area contributed by atoms with Crippen LogP contribution in [-0.2, 0) is 13.0 Å². The average Bonchev–Trinajstić information content (AvgIpc) is 2.81. The second-order valence-electron chi connectivity index (χ2n) is 7.65. The van der Waals surface area contributed by atoms with Gasteiger partial charge in [-0.3, -0.25) is 4.79 Å². The van der Waals surface area contributed by atoms with Crippen molar-refractivity contribution in [2.75, 3.05) is 0 Å². The van der Waals surface area contributed by atoms with E-state index in [1.165, 1.54) is 10.9 Å². The van der Waals surface area contributed by atoms with Crippen LogP contribution in [0.5, 0.6) is 5.75 Å². The molecule has 10 heteroatoms. The SMILES string of the molecule is CCCc1nc2ccc(Br)cc2c(=O)n1N=Cc1cc(Cl)c(OCc2ccc(Cl)c(Cl)c2)c(Cl)c1. The molecule has 0 bridgehead atoms. The molecular formula is C25H18BrCl4N3O2. The van der Waals surface area contributed by atoms with Crippen LogP contribution in [0, 0.1) is 0 Å². The van der Waals surface area contributed by atoms with Crippen molar-refractivity contribution in [1.29, 1.82) is 0 Å². The lowest BCUT2D eigenvalue weighted by Gasteiger charge is -2.12. The maximum absolute atomic E-state index is 13.1. The molecule has 0 aliphatic carbocycles. The van der Waals surface area contributed by atoms with Crippen LogP contribution in [0.25, 0.3) is 10.9 Å². The standard InChI is InChI=1S/C25H18BrCl4N3O2/c1-2-3-23-32-22-7-5-16(26)11-17(22)25(34)33(23)31-12-15-9-20(29)24(21(30)10-15)35-13-14-4-6-18(27)19(28)8-14/h4-12H,2-3,13H2,1H3. The molecule has 0 radical (unpaired) electrons. The first-order valence-electron chi connectivity index (χ1n) is 10.6. The quantitative estimate of drug-likeness (QED) is 0.198. The highest BCUT2D eigenvalue weighted by Gasteiger charge is 2.13. The van der Waals surface area contributed by atoms with E-state index in [-0.39, 0.29) is 12.2 Å². The highest BCUT2D eigenvalue weighted by molar-refractivity contribution is 9.10. The second-order valence-corrected chi connectivity index (χ2v) is 10.2. The number of halogens is 5. The molecule has 0 aliphatic heterocycles. The summed E-state index contributed by atoms with van der Waals surface area (Å²) in [4.78, 5) is 17.8. The third-order valence-corrected chi connectivity index (χ3v) is 6.85. The van der Waals surface area contributed by atoms with Crippen molar-refractivity contribution in [3.05, 3.63) is 100 Å². The molecule has 0 saturated carbocycles. The van der Waals surface area contributed by atoms with Crippen LogP contribution in [0.15, 0.2) is 62.9 Å². The van der Waals surface area contributed by atoms with Gasteiger partial charge in [-0.1, -0.05) is 75.3 Å². The van der Waals surface area contributed by atoms with Crippen LogP contribution in [0.1, 0.15) is 30.3 Å². The minimum Gasteiger partial charge on any atom is -0.486 e. The Morgan fingerprint density at radius 3 is 2.43 bits per heavy atom. The summed E-state index contributed by atoms with van der Waals surface area (Å²) in [6.45, 7) is 2.22. The Bertz CT molecular complexity index is 1480. The fraction of sp³-hybridized carbons (Fsp3) is 0.160. The minimum absolute atomic E-state index is 0.206. The molecular weight excluding hydrogens is 596 g/mol. The van der Waals surface area contributed by atoms with E-state index in [4.69, 9.17) is 51.1 Å². The molecule has 3 aromatic carbocycles. The summed E-state index contributed by atoms with van der Waals surface area (Å²) in [5.74, 6) is 0.903. The third-order valence-electron chi connectivity index (χ3n) is 5.06. The van der Waals surface area contributed by atoms with Crippen molar-refractivity contribution in [3.8, 4) is 5.75 Å². The number of ether oxygens (including phenoxy) is 1. The lowest BCUT2D eigenvalue weighted by molar-refractivity contribution is 0.306. The van der Waals surface area contributed by atoms with E-state index in [2.05, 4.69) is 26.0 Å². The Kier molecular flexibility index (Phi) is 8.40. The van der Waals surface area contributed by atoms with Gasteiger partial charge in [-0.05, 0) is 60.0 Å². The number of aryl methyl sites for hydroxylation is 1. The predicted molar refractivity (Wildman–Crippen MR) is 148 cm³/mol. The van der Waals surface area contributed by atoms with Gasteiger partial charge < -0.3 is 4.74 Å². The predicted octanol–water partition coefficient (Wildman–Crippen LogP) is 8.19. The molecule has 1 aromatic heterocycles. The molecule has 0 N–H and O–H groups in total. The molecule has 0 amide bonds. The highest BCUT2D eigenvalue weighted by atomic mass is 79.9. The monoisotopic (exact) mass is 611 g/mol. The van der Waals surface area contributed by atoms with Gasteiger partial charge in [0.05, 0.1) is 37.2 Å². The zero-order valence-electron chi connectivity index (χ0n) is 18.4. The maximum Gasteiger partial charge on any atom is 0.282 e. The van der Waals surface area contributed by atoms with E-state index in [9.17, 15) is 4.79 Å². The van der Waals surface area contributed by atoms with Crippen LogP contribution in [0.3, 0.4) is 0 Å². The largest absolute Gasteiger partial charge is 0.486 e. The topological polar surface area (TPSA) is 56.5 Å². The van der Waals surface area contributed by atoms with Crippen LogP contribution in [0.4, 0.5) is 0 Å². The Balaban J connectivity index is 1.63. The molecule has 180 valence electrons. The molecule has 0 atom stereocenters. The summed E-state index contributed by atoms with van der Waals surface area (Å²) < 4.78 is 7.92. The fourth-order valence-corrected chi connectivity index (χ4v) is 4.70. The van der Waals surface area contributed by atoms with Gasteiger partial charge in [0.25, 0.3) is 5.56 Å². The van der Waals surface area contributed by atoms with Gasteiger partial charge in [-0.15, -0.1) is 0 Å². The van der Waals surface area contributed by atoms with E-state index in [1.807, 2.05) is 19.1 Å². The minimum atomic E-state index is -0.255. The molecule has 1 heterocycles. The molecule has 0 unspecified atom stereocenters. The molecule has 0 fully saturated rings. The Labute approximate surface area is 230 Å². The zero-order valence-corrected chi connectivity index (χ0v) is 23.0. The Morgan fingerprint density at radius 1 is 1.00 bits per heavy atom. The third kappa shape index (κ3) is 6.01. The van der Waals surface area contributed by atoms with E-state index in [1.54, 1.807) is 36.4 Å². The van der Waals surface area contributed by atoms with Crippen molar-refractivity contribution >= 4 is 79.5 Å². The number of rotatable bonds is 7. The van der Waals surface area contributed by atoms with Crippen molar-refractivity contribution in [2.45, 2.75) is 26.4 Å². The Hall–Kier alpha value is -2.09. The van der Waals surface area contributed by atoms with Crippen molar-refractivity contribution in [1.82, 2.24) is 9.66 Å². The van der Waals surface area contributed by atoms with Crippen LogP contribution in [0.2, 0.25) is 20.1 Å². The zero-order chi connectivity index (χ0) is 25.1. The van der Waals surface area contributed by atoms with Gasteiger partial charge in [-0.2, -0.15) is 9.78 Å². The second kappa shape index (κ2) is 11.3. The number of hydrogen-bond acceptors (Lipinski definition) is 4. The molecule has 4 rings (SSSR count). The molecule has 5 nitrogen and oxygen atoms in total. The van der Waals surface area contributed by atoms with Gasteiger partial charge in [0.2, 0.25) is 0 Å². The lowest BCUT2D eigenvalue weighted by atomic mass is 10.2. The molecule has 0 spiro atoms. The normalized spacial score (nSPS) is 11.5. The van der Waals surface area contributed by atoms with Crippen LogP contribution >= 0.6 is 62.3 Å². The number of fused-ring (bicyclic) bond motifs is 1. The van der Waals surface area contributed by atoms with Gasteiger partial charge in [0.1, 0.15) is 12.4 Å². The number of aromatic nitrogens is 2. The Morgan fingerprint density at radius 2 is 1.74 bits per heavy atom. The van der Waals surface area contributed by atoms with E-state index >= 15 is 0 Å². The van der Waals surface area contributed by atoms with E-state index < -0.39 is 0 Å². The lowest BCUT2D eigenvalue weighted by Crippen LogP contribution is -2.22. The molecule has 0 saturated heterocycles. The van der Waals surface area contributed by atoms with E-state index in [0.717, 1.165) is 16.5 Å². The number of hydrogen-bond donors (Lipinski definition) is 0. The summed E-state index contributed by atoms with van der Waals surface area (Å²) in [5, 5.41) is 6.40. The fourth-order valence-electron chi connectivity index (χ4n) is 3.40. The van der Waals surface area contributed by atoms with E-state index in [0.29, 0.717) is 54.6 Å². The molecule has 0 aliphatic rings. The number of benzene rings is 3. The maximum atomic E-state index is 13.1. The van der Waals surface area contributed by atoms with Crippen LogP contribution < -0.4 is 10.3 Å². The molecule has 35 heavy (non-hydrogen) atoms. The first kappa shape index (κ1) is 26.0. The summed E-state index contributed by atoms with van der Waals surface area (Å²) in [5.41, 5.74) is 1.79. The first-order valence-corrected chi connectivity index (χ1v) is 12.9. The van der Waals surface area contributed by atoms with Crippen molar-refractivity contribution in [3.63, 3.8) is 0 Å². The van der Waals surface area contributed by atoms with Gasteiger partial charge >= 0.3 is 0 Å². The smallest absolute Gasteiger partial charge is 0.282 e. The summed E-state index contributed by atoms with van der Waals surface area (Å²) >= 11 is 28.3. The highest BCUT2D eigenvalue weighted by Crippen LogP contribution is 2.35. The van der Waals surface area contributed by atoms with Crippen LogP contribution in [-0.4, -0.2) is 15.9 Å². The average molecular weight is 614 g/mol. The summed E-state index contributed by atoms with van der Waals surface area (Å²) in [7, 11) is 0. The summed E-state index contributed by atoms with van der Waals surface area (Å²) in [6.07, 6.45) is 2.93. The van der Waals surface area contributed by atoms with Gasteiger partial charge in [-0.25, -0.2) is 4.98 Å². The summed E-state index contributed by atoms with van der Waals surface area (Å²) in [6, 6.07) is 13.9. The van der Waals surface area contributed by atoms with Gasteiger partial charge in [0.15, 0.2) is 5.75 Å². The number of nitrogens with zero attached hydrogens (tertiary/aromatic N) is 3. The van der Waals surface area contributed by atoms with Gasteiger partial charge in [0, 0.05) is 10.9 Å². The first-order chi connectivity index (χ1) is 16.8. The van der Waals surface area contributed by atoms with Crippen molar-refractivity contribution < 1.29 is 4.74 Å². The van der Waals surface area contributed by atoms with Crippen molar-refractivity contribution in [2.24, 2.45) is 5.10 Å². The molecule has 4 aromatic rings.